The maximum atomic E-state index is 12.9. The van der Waals surface area contributed by atoms with Crippen LogP contribution in [0.3, 0.4) is 0 Å². The van der Waals surface area contributed by atoms with Crippen LogP contribution in [0.5, 0.6) is 0 Å². The molecule has 4 heteroatoms. The predicted molar refractivity (Wildman–Crippen MR) is 66.9 cm³/mol. The topological polar surface area (TPSA) is 17.1 Å². The summed E-state index contributed by atoms with van der Waals surface area (Å²) in [6.07, 6.45) is -4.39. The number of hydrogen-bond donors (Lipinski definition) is 0. The molecule has 0 heterocycles. The summed E-state index contributed by atoms with van der Waals surface area (Å²) in [5.41, 5.74) is 0.363. The second-order valence-corrected chi connectivity index (χ2v) is 4.18. The van der Waals surface area contributed by atoms with Gasteiger partial charge in [0.1, 0.15) is 0 Å². The molecular formula is C15H11F3O. The summed E-state index contributed by atoms with van der Waals surface area (Å²) in [5, 5.41) is 0. The number of halogens is 3. The molecule has 0 aliphatic rings. The van der Waals surface area contributed by atoms with E-state index >= 15 is 0 Å². The zero-order valence-corrected chi connectivity index (χ0v) is 10.2. The van der Waals surface area contributed by atoms with Crippen molar-refractivity contribution in [3.63, 3.8) is 0 Å². The summed E-state index contributed by atoms with van der Waals surface area (Å²) in [6.45, 7) is 1.42. The Labute approximate surface area is 108 Å². The van der Waals surface area contributed by atoms with Crippen LogP contribution in [0.2, 0.25) is 0 Å². The molecule has 0 unspecified atom stereocenters. The van der Waals surface area contributed by atoms with Crippen LogP contribution < -0.4 is 0 Å². The van der Waals surface area contributed by atoms with Crippen molar-refractivity contribution in [2.24, 2.45) is 0 Å². The number of hydrogen-bond acceptors (Lipinski definition) is 1. The van der Waals surface area contributed by atoms with Crippen LogP contribution in [0.4, 0.5) is 13.2 Å². The number of ketones is 1. The molecule has 0 amide bonds. The Balaban J connectivity index is 2.50. The van der Waals surface area contributed by atoms with Crippen LogP contribution >= 0.6 is 0 Å². The first-order valence-electron chi connectivity index (χ1n) is 5.67. The lowest BCUT2D eigenvalue weighted by atomic mass is 9.98. The molecule has 0 saturated heterocycles. The van der Waals surface area contributed by atoms with E-state index in [1.165, 1.54) is 43.3 Å². The van der Waals surface area contributed by atoms with Crippen molar-refractivity contribution in [1.82, 2.24) is 0 Å². The Kier molecular flexibility index (Phi) is 3.42. The predicted octanol–water partition coefficient (Wildman–Crippen LogP) is 4.58. The summed E-state index contributed by atoms with van der Waals surface area (Å²) in [5.74, 6) is -0.115. The quantitative estimate of drug-likeness (QED) is 0.726. The number of carbonyl (C=O) groups excluding carboxylic acids is 1. The molecular weight excluding hydrogens is 253 g/mol. The van der Waals surface area contributed by atoms with E-state index in [9.17, 15) is 18.0 Å². The van der Waals surface area contributed by atoms with Gasteiger partial charge in [-0.3, -0.25) is 4.79 Å². The van der Waals surface area contributed by atoms with Gasteiger partial charge in [0.25, 0.3) is 0 Å². The van der Waals surface area contributed by atoms with Gasteiger partial charge < -0.3 is 0 Å². The first-order valence-corrected chi connectivity index (χ1v) is 5.67. The van der Waals surface area contributed by atoms with E-state index in [2.05, 4.69) is 0 Å². The standard InChI is InChI=1S/C15H11F3O/c1-10(19)11-6-8-12(9-7-11)13-4-2-3-5-14(13)15(16,17)18/h2-9H,1H3. The third-order valence-electron chi connectivity index (χ3n) is 2.83. The minimum Gasteiger partial charge on any atom is -0.295 e. The largest absolute Gasteiger partial charge is 0.417 e. The van der Waals surface area contributed by atoms with Gasteiger partial charge in [-0.2, -0.15) is 13.2 Å². The van der Waals surface area contributed by atoms with E-state index in [4.69, 9.17) is 0 Å². The SMILES string of the molecule is CC(=O)c1ccc(-c2ccccc2C(F)(F)F)cc1. The van der Waals surface area contributed by atoms with Gasteiger partial charge in [-0.25, -0.2) is 0 Å². The van der Waals surface area contributed by atoms with E-state index < -0.39 is 11.7 Å². The molecule has 19 heavy (non-hydrogen) atoms. The molecule has 0 fully saturated rings. The zero-order valence-electron chi connectivity index (χ0n) is 10.2. The lowest BCUT2D eigenvalue weighted by molar-refractivity contribution is -0.137. The summed E-state index contributed by atoms with van der Waals surface area (Å²) in [7, 11) is 0. The van der Waals surface area contributed by atoms with E-state index in [0.29, 0.717) is 11.1 Å². The molecule has 0 aliphatic heterocycles. The van der Waals surface area contributed by atoms with Crippen molar-refractivity contribution in [1.29, 1.82) is 0 Å². The second kappa shape index (κ2) is 4.88. The number of rotatable bonds is 2. The molecule has 98 valence electrons. The molecule has 0 atom stereocenters. The lowest BCUT2D eigenvalue weighted by Gasteiger charge is -2.12. The minimum absolute atomic E-state index is 0.115. The molecule has 0 bridgehead atoms. The molecule has 0 aromatic heterocycles. The Hall–Kier alpha value is -2.10. The van der Waals surface area contributed by atoms with Crippen LogP contribution in [0.15, 0.2) is 48.5 Å². The van der Waals surface area contributed by atoms with Crippen LogP contribution in [0.25, 0.3) is 11.1 Å². The fourth-order valence-electron chi connectivity index (χ4n) is 1.87. The van der Waals surface area contributed by atoms with E-state index in [1.807, 2.05) is 0 Å². The van der Waals surface area contributed by atoms with E-state index in [1.54, 1.807) is 6.07 Å². The van der Waals surface area contributed by atoms with Gasteiger partial charge in [0.05, 0.1) is 5.56 Å². The number of Topliss-reactive ketones (excluding diaryl/α,β-unsaturated/α-hetero) is 1. The highest BCUT2D eigenvalue weighted by atomic mass is 19.4. The van der Waals surface area contributed by atoms with Crippen molar-refractivity contribution in [3.8, 4) is 11.1 Å². The molecule has 2 aromatic rings. The van der Waals surface area contributed by atoms with Gasteiger partial charge in [-0.15, -0.1) is 0 Å². The molecule has 2 rings (SSSR count). The molecule has 0 radical (unpaired) electrons. The van der Waals surface area contributed by atoms with Crippen molar-refractivity contribution in [3.05, 3.63) is 59.7 Å². The Bertz CT molecular complexity index is 598. The highest BCUT2D eigenvalue weighted by molar-refractivity contribution is 5.94. The van der Waals surface area contributed by atoms with Crippen LogP contribution in [0.1, 0.15) is 22.8 Å². The average molecular weight is 264 g/mol. The van der Waals surface area contributed by atoms with Gasteiger partial charge in [0.2, 0.25) is 0 Å². The summed E-state index contributed by atoms with van der Waals surface area (Å²) in [4.78, 5) is 11.1. The Morgan fingerprint density at radius 1 is 0.947 bits per heavy atom. The number of carbonyl (C=O) groups is 1. The zero-order chi connectivity index (χ0) is 14.0. The lowest BCUT2D eigenvalue weighted by Crippen LogP contribution is -2.06. The second-order valence-electron chi connectivity index (χ2n) is 4.18. The highest BCUT2D eigenvalue weighted by Gasteiger charge is 2.33. The average Bonchev–Trinajstić information content (AvgIpc) is 2.38. The minimum atomic E-state index is -4.39. The maximum absolute atomic E-state index is 12.9. The highest BCUT2D eigenvalue weighted by Crippen LogP contribution is 2.36. The first kappa shape index (κ1) is 13.3. The van der Waals surface area contributed by atoms with E-state index in [0.717, 1.165) is 6.07 Å². The van der Waals surface area contributed by atoms with Crippen LogP contribution in [-0.2, 0) is 6.18 Å². The van der Waals surface area contributed by atoms with Crippen molar-refractivity contribution < 1.29 is 18.0 Å². The molecule has 0 N–H and O–H groups in total. The first-order chi connectivity index (χ1) is 8.89. The smallest absolute Gasteiger partial charge is 0.295 e. The van der Waals surface area contributed by atoms with Crippen molar-refractivity contribution in [2.45, 2.75) is 13.1 Å². The third-order valence-corrected chi connectivity index (χ3v) is 2.83. The normalized spacial score (nSPS) is 11.4. The van der Waals surface area contributed by atoms with Gasteiger partial charge in [-0.1, -0.05) is 42.5 Å². The van der Waals surface area contributed by atoms with Crippen LogP contribution in [0, 0.1) is 0 Å². The molecule has 0 spiro atoms. The van der Waals surface area contributed by atoms with Gasteiger partial charge in [0.15, 0.2) is 5.78 Å². The van der Waals surface area contributed by atoms with Gasteiger partial charge in [-0.05, 0) is 24.1 Å². The molecule has 1 nitrogen and oxygen atoms in total. The summed E-state index contributed by atoms with van der Waals surface area (Å²) >= 11 is 0. The number of benzene rings is 2. The summed E-state index contributed by atoms with van der Waals surface area (Å²) in [6, 6.07) is 11.5. The molecule has 0 aliphatic carbocycles. The summed E-state index contributed by atoms with van der Waals surface area (Å²) < 4.78 is 38.7. The monoisotopic (exact) mass is 264 g/mol. The van der Waals surface area contributed by atoms with Gasteiger partial charge >= 0.3 is 6.18 Å². The third kappa shape index (κ3) is 2.84. The fourth-order valence-corrected chi connectivity index (χ4v) is 1.87. The van der Waals surface area contributed by atoms with Crippen molar-refractivity contribution >= 4 is 5.78 Å². The van der Waals surface area contributed by atoms with Crippen molar-refractivity contribution in [2.75, 3.05) is 0 Å². The Morgan fingerprint density at radius 3 is 2.05 bits per heavy atom. The molecule has 2 aromatic carbocycles. The maximum Gasteiger partial charge on any atom is 0.417 e. The fraction of sp³-hybridized carbons (Fsp3) is 0.133. The van der Waals surface area contributed by atoms with Gasteiger partial charge in [0, 0.05) is 5.56 Å². The van der Waals surface area contributed by atoms with E-state index in [-0.39, 0.29) is 11.3 Å². The van der Waals surface area contributed by atoms with Crippen LogP contribution in [-0.4, -0.2) is 5.78 Å². The molecule has 0 saturated carbocycles. The Morgan fingerprint density at radius 2 is 1.53 bits per heavy atom. The number of alkyl halides is 3.